The van der Waals surface area contributed by atoms with Crippen molar-refractivity contribution in [3.63, 3.8) is 0 Å². The molecule has 30 heavy (non-hydrogen) atoms. The Kier molecular flexibility index (Phi) is 9.91. The number of aliphatic hydroxyl groups is 1. The zero-order valence-electron chi connectivity index (χ0n) is 16.1. The van der Waals surface area contributed by atoms with Crippen LogP contribution >= 0.6 is 23.2 Å². The Morgan fingerprint density at radius 3 is 2.37 bits per heavy atom. The average molecular weight is 463 g/mol. The molecule has 0 fully saturated rings. The summed E-state index contributed by atoms with van der Waals surface area (Å²) in [5.41, 5.74) is 2.02. The molecule has 0 spiro atoms. The molecule has 0 aliphatic carbocycles. The molecule has 0 saturated carbocycles. The van der Waals surface area contributed by atoms with Crippen LogP contribution < -0.4 is 10.6 Å². The molecule has 2 rings (SSSR count). The number of halogens is 5. The fourth-order valence-corrected chi connectivity index (χ4v) is 2.98. The van der Waals surface area contributed by atoms with E-state index < -0.39 is 35.4 Å². The number of nitrogens with one attached hydrogen (secondary N) is 2. The quantitative estimate of drug-likeness (QED) is 0.345. The molecule has 2 aromatic carbocycles. The Hall–Kier alpha value is -1.80. The van der Waals surface area contributed by atoms with Gasteiger partial charge in [0.05, 0.1) is 12.7 Å². The van der Waals surface area contributed by atoms with E-state index in [0.29, 0.717) is 30.6 Å². The Balaban J connectivity index is 2.09. The zero-order chi connectivity index (χ0) is 22.1. The lowest BCUT2D eigenvalue weighted by atomic mass is 9.97. The molecule has 3 N–H and O–H groups in total. The third-order valence-corrected chi connectivity index (χ3v) is 4.89. The second kappa shape index (κ2) is 12.2. The average Bonchev–Trinajstić information content (AvgIpc) is 2.74. The normalized spacial score (nSPS) is 13.3. The molecule has 2 atom stereocenters. The first kappa shape index (κ1) is 24.5. The summed E-state index contributed by atoms with van der Waals surface area (Å²) in [7, 11) is 0. The molecule has 0 aliphatic rings. The number of aliphatic hydroxyl groups excluding tert-OH is 1. The van der Waals surface area contributed by atoms with E-state index in [1.165, 1.54) is 12.1 Å². The van der Waals surface area contributed by atoms with Crippen molar-refractivity contribution < 1.29 is 23.1 Å². The van der Waals surface area contributed by atoms with Gasteiger partial charge in [0, 0.05) is 12.1 Å². The topological polar surface area (TPSA) is 61.4 Å². The molecule has 0 aliphatic heterocycles. The number of rotatable bonds is 11. The van der Waals surface area contributed by atoms with Crippen LogP contribution in [0.1, 0.15) is 23.7 Å². The lowest BCUT2D eigenvalue weighted by molar-refractivity contribution is -0.121. The second-order valence-corrected chi connectivity index (χ2v) is 7.77. The van der Waals surface area contributed by atoms with Crippen LogP contribution in [-0.2, 0) is 11.3 Å². The van der Waals surface area contributed by atoms with Crippen LogP contribution in [0.25, 0.3) is 11.1 Å². The molecule has 0 saturated heterocycles. The van der Waals surface area contributed by atoms with Crippen molar-refractivity contribution in [1.29, 1.82) is 0 Å². The summed E-state index contributed by atoms with van der Waals surface area (Å²) in [6, 6.07) is 9.91. The number of benzene rings is 2. The van der Waals surface area contributed by atoms with E-state index >= 15 is 0 Å². The van der Waals surface area contributed by atoms with Gasteiger partial charge in [-0.25, -0.2) is 8.78 Å². The van der Waals surface area contributed by atoms with Crippen molar-refractivity contribution in [2.24, 2.45) is 0 Å². The van der Waals surface area contributed by atoms with Crippen molar-refractivity contribution >= 4 is 29.1 Å². The highest BCUT2D eigenvalue weighted by Gasteiger charge is 2.25. The molecule has 0 bridgehead atoms. The van der Waals surface area contributed by atoms with E-state index in [0.717, 1.165) is 11.6 Å². The summed E-state index contributed by atoms with van der Waals surface area (Å²) in [6.45, 7) is -0.297. The molecule has 4 nitrogen and oxygen atoms in total. The van der Waals surface area contributed by atoms with E-state index in [9.17, 15) is 23.1 Å². The molecule has 164 valence electrons. The lowest BCUT2D eigenvalue weighted by Crippen LogP contribution is -2.43. The van der Waals surface area contributed by atoms with Crippen molar-refractivity contribution in [1.82, 2.24) is 10.6 Å². The number of carbonyl (C=O) groups excluding carboxylic acids is 1. The predicted octanol–water partition coefficient (Wildman–Crippen LogP) is 4.23. The Bertz CT molecular complexity index is 822. The first-order valence-corrected chi connectivity index (χ1v) is 10.2. The fraction of sp³-hybridized carbons (Fsp3) is 0.381. The summed E-state index contributed by atoms with van der Waals surface area (Å²) in [6.07, 6.45) is -1.03. The van der Waals surface area contributed by atoms with Gasteiger partial charge in [-0.15, -0.1) is 0 Å². The molecular formula is C21H23Cl2F3N2O2. The van der Waals surface area contributed by atoms with Gasteiger partial charge >= 0.3 is 0 Å². The highest BCUT2D eigenvalue weighted by molar-refractivity contribution is 6.53. The highest BCUT2D eigenvalue weighted by atomic mass is 35.5. The Morgan fingerprint density at radius 1 is 1.10 bits per heavy atom. The standard InChI is InChI=1S/C21H23Cl2F3N2O2/c22-20(23)21(30)28-18(11-25)19(29)15-6-7-16(17(26)10-15)14-4-2-13(3-5-14)12-27-9-1-8-24/h2-7,10,18-20,27,29H,1,8-9,11-12H2,(H,28,30)/t18-,19-/m1/s1. The van der Waals surface area contributed by atoms with Gasteiger partial charge in [-0.1, -0.05) is 59.6 Å². The SMILES string of the molecule is O=C(N[C@H](CF)[C@H](O)c1ccc(-c2ccc(CNCCCF)cc2)c(F)c1)C(Cl)Cl. The van der Waals surface area contributed by atoms with E-state index in [-0.39, 0.29) is 12.2 Å². The van der Waals surface area contributed by atoms with Crippen LogP contribution in [0.5, 0.6) is 0 Å². The number of hydrogen-bond acceptors (Lipinski definition) is 3. The first-order valence-electron chi connectivity index (χ1n) is 9.35. The van der Waals surface area contributed by atoms with Crippen LogP contribution in [-0.4, -0.2) is 41.8 Å². The third kappa shape index (κ3) is 6.87. The van der Waals surface area contributed by atoms with Gasteiger partial charge in [-0.2, -0.15) is 0 Å². The van der Waals surface area contributed by atoms with Gasteiger partial charge in [0.2, 0.25) is 0 Å². The maximum atomic E-state index is 14.7. The first-order chi connectivity index (χ1) is 14.4. The van der Waals surface area contributed by atoms with Crippen molar-refractivity contribution in [2.75, 3.05) is 19.9 Å². The van der Waals surface area contributed by atoms with E-state index in [2.05, 4.69) is 10.6 Å². The number of alkyl halides is 4. The molecule has 1 amide bonds. The minimum atomic E-state index is -1.48. The van der Waals surface area contributed by atoms with E-state index in [4.69, 9.17) is 23.2 Å². The molecule has 9 heteroatoms. The smallest absolute Gasteiger partial charge is 0.253 e. The van der Waals surface area contributed by atoms with Crippen molar-refractivity contribution in [3.05, 3.63) is 59.4 Å². The van der Waals surface area contributed by atoms with Crippen molar-refractivity contribution in [2.45, 2.75) is 29.9 Å². The second-order valence-electron chi connectivity index (χ2n) is 6.67. The Morgan fingerprint density at radius 2 is 1.80 bits per heavy atom. The van der Waals surface area contributed by atoms with Gasteiger partial charge in [0.15, 0.2) is 4.84 Å². The van der Waals surface area contributed by atoms with Gasteiger partial charge < -0.3 is 15.7 Å². The highest BCUT2D eigenvalue weighted by Crippen LogP contribution is 2.27. The van der Waals surface area contributed by atoms with Crippen LogP contribution in [0.3, 0.4) is 0 Å². The van der Waals surface area contributed by atoms with Crippen LogP contribution in [0, 0.1) is 5.82 Å². The summed E-state index contributed by atoms with van der Waals surface area (Å²) in [4.78, 5) is 10.1. The summed E-state index contributed by atoms with van der Waals surface area (Å²) < 4.78 is 40.0. The van der Waals surface area contributed by atoms with Gasteiger partial charge in [-0.05, 0) is 35.7 Å². The molecular weight excluding hydrogens is 440 g/mol. The third-order valence-electron chi connectivity index (χ3n) is 4.49. The summed E-state index contributed by atoms with van der Waals surface area (Å²) in [5.74, 6) is -1.45. The van der Waals surface area contributed by atoms with Gasteiger partial charge in [0.1, 0.15) is 18.6 Å². The zero-order valence-corrected chi connectivity index (χ0v) is 17.6. The summed E-state index contributed by atoms with van der Waals surface area (Å²) >= 11 is 10.8. The molecule has 0 aromatic heterocycles. The minimum absolute atomic E-state index is 0.105. The molecule has 0 unspecified atom stereocenters. The molecule has 0 heterocycles. The monoisotopic (exact) mass is 462 g/mol. The van der Waals surface area contributed by atoms with Crippen LogP contribution in [0.2, 0.25) is 0 Å². The van der Waals surface area contributed by atoms with E-state index in [1.807, 2.05) is 12.1 Å². The molecule has 2 aromatic rings. The maximum Gasteiger partial charge on any atom is 0.253 e. The van der Waals surface area contributed by atoms with Crippen LogP contribution in [0.15, 0.2) is 42.5 Å². The Labute approximate surface area is 183 Å². The predicted molar refractivity (Wildman–Crippen MR) is 112 cm³/mol. The number of hydrogen-bond donors (Lipinski definition) is 3. The lowest BCUT2D eigenvalue weighted by Gasteiger charge is -2.22. The maximum absolute atomic E-state index is 14.7. The largest absolute Gasteiger partial charge is 0.386 e. The number of carbonyl (C=O) groups is 1. The van der Waals surface area contributed by atoms with E-state index in [1.54, 1.807) is 12.1 Å². The number of amides is 1. The minimum Gasteiger partial charge on any atom is -0.386 e. The van der Waals surface area contributed by atoms with Gasteiger partial charge in [0.25, 0.3) is 5.91 Å². The summed E-state index contributed by atoms with van der Waals surface area (Å²) in [5, 5.41) is 15.6. The van der Waals surface area contributed by atoms with Crippen molar-refractivity contribution in [3.8, 4) is 11.1 Å². The molecule has 0 radical (unpaired) electrons. The van der Waals surface area contributed by atoms with Gasteiger partial charge in [-0.3, -0.25) is 9.18 Å². The fourth-order valence-electron chi connectivity index (χ4n) is 2.86. The van der Waals surface area contributed by atoms with Crippen LogP contribution in [0.4, 0.5) is 13.2 Å².